The summed E-state index contributed by atoms with van der Waals surface area (Å²) in [5, 5.41) is 2.64. The van der Waals surface area contributed by atoms with Crippen molar-refractivity contribution in [1.29, 1.82) is 0 Å². The van der Waals surface area contributed by atoms with Gasteiger partial charge in [-0.25, -0.2) is 9.78 Å². The third-order valence-electron chi connectivity index (χ3n) is 6.61. The molecule has 2 aliphatic rings. The molecule has 229 valence electrons. The zero-order valence-corrected chi connectivity index (χ0v) is 24.0. The van der Waals surface area contributed by atoms with E-state index in [0.29, 0.717) is 24.6 Å². The van der Waals surface area contributed by atoms with Crippen molar-refractivity contribution < 1.29 is 41.8 Å². The van der Waals surface area contributed by atoms with E-state index in [2.05, 4.69) is 22.1 Å². The van der Waals surface area contributed by atoms with Crippen LogP contribution in [-0.2, 0) is 9.53 Å². The molecule has 1 unspecified atom stereocenters. The maximum atomic E-state index is 13.8. The van der Waals surface area contributed by atoms with Crippen molar-refractivity contribution in [2.24, 2.45) is 11.7 Å². The summed E-state index contributed by atoms with van der Waals surface area (Å²) in [5.41, 5.74) is 4.95. The fraction of sp³-hybridized carbons (Fsp3) is 0.536. The highest BCUT2D eigenvalue weighted by molar-refractivity contribution is 5.97. The molecule has 1 saturated carbocycles. The molecule has 1 saturated heterocycles. The number of ether oxygens (including phenoxy) is 3. The molecule has 1 aliphatic heterocycles. The molecule has 14 heteroatoms. The van der Waals surface area contributed by atoms with Gasteiger partial charge in [-0.15, -0.1) is 0 Å². The number of primary amides is 1. The first-order chi connectivity index (χ1) is 19.7. The van der Waals surface area contributed by atoms with E-state index in [0.717, 1.165) is 12.8 Å². The molecule has 2 atom stereocenters. The minimum atomic E-state index is -3.06. The standard InChI is InChI=1S/C28H36F2N5O7/c1-15(32-27(38)42-28(2,3)4)22-21(25(37)35-11-10-34(5)13-18(35)23(31)36)33-24(41-22)17-8-9-19(40-26(29)30)20(12-17)39-14-16-6-7-16/h8-9,12,15-16,18,26H,5-7,10-11,13-14H2,1-4H3,(H2,31,36)(H,32,38)/t15-,18?/m0/s1. The molecular formula is C28H36F2N5O7. The third-order valence-corrected chi connectivity index (χ3v) is 6.61. The minimum absolute atomic E-state index is 0.00510. The Hall–Kier alpha value is -3.94. The highest BCUT2D eigenvalue weighted by Gasteiger charge is 2.37. The zero-order valence-electron chi connectivity index (χ0n) is 24.0. The quantitative estimate of drug-likeness (QED) is 0.421. The number of hydrogen-bond acceptors (Lipinski definition) is 9. The van der Waals surface area contributed by atoms with E-state index in [4.69, 9.17) is 19.6 Å². The zero-order chi connectivity index (χ0) is 30.8. The molecule has 1 radical (unpaired) electrons. The number of amides is 3. The molecule has 4 rings (SSSR count). The van der Waals surface area contributed by atoms with Gasteiger partial charge in [0, 0.05) is 32.2 Å². The molecule has 0 spiro atoms. The van der Waals surface area contributed by atoms with E-state index in [1.165, 1.54) is 23.1 Å². The summed E-state index contributed by atoms with van der Waals surface area (Å²) >= 11 is 0. The van der Waals surface area contributed by atoms with E-state index < -0.39 is 42.2 Å². The van der Waals surface area contributed by atoms with Crippen molar-refractivity contribution in [2.45, 2.75) is 64.8 Å². The number of nitrogens with two attached hydrogens (primary N) is 1. The highest BCUT2D eigenvalue weighted by Crippen LogP contribution is 2.37. The normalized spacial score (nSPS) is 18.5. The number of piperazine rings is 1. The number of rotatable bonds is 10. The Morgan fingerprint density at radius 1 is 1.21 bits per heavy atom. The van der Waals surface area contributed by atoms with Gasteiger partial charge in [0.25, 0.3) is 5.91 Å². The van der Waals surface area contributed by atoms with E-state index in [1.807, 2.05) is 0 Å². The van der Waals surface area contributed by atoms with Crippen LogP contribution in [0.15, 0.2) is 22.6 Å². The molecule has 2 fully saturated rings. The second-order valence-corrected chi connectivity index (χ2v) is 11.4. The van der Waals surface area contributed by atoms with Gasteiger partial charge >= 0.3 is 12.7 Å². The van der Waals surface area contributed by atoms with Gasteiger partial charge in [0.05, 0.1) is 12.6 Å². The summed E-state index contributed by atoms with van der Waals surface area (Å²) in [5.74, 6) is -1.17. The molecular weight excluding hydrogens is 556 g/mol. The van der Waals surface area contributed by atoms with Crippen molar-refractivity contribution in [1.82, 2.24) is 20.1 Å². The van der Waals surface area contributed by atoms with Crippen molar-refractivity contribution in [2.75, 3.05) is 26.2 Å². The highest BCUT2D eigenvalue weighted by atomic mass is 19.3. The molecule has 12 nitrogen and oxygen atoms in total. The van der Waals surface area contributed by atoms with Crippen molar-refractivity contribution in [3.8, 4) is 23.0 Å². The third kappa shape index (κ3) is 7.87. The molecule has 2 heterocycles. The summed E-state index contributed by atoms with van der Waals surface area (Å²) in [4.78, 5) is 45.9. The lowest BCUT2D eigenvalue weighted by Gasteiger charge is -2.37. The van der Waals surface area contributed by atoms with Crippen LogP contribution < -0.4 is 20.5 Å². The predicted molar refractivity (Wildman–Crippen MR) is 146 cm³/mol. The lowest BCUT2D eigenvalue weighted by atomic mass is 10.1. The number of aromatic nitrogens is 1. The van der Waals surface area contributed by atoms with Crippen molar-refractivity contribution >= 4 is 17.9 Å². The van der Waals surface area contributed by atoms with Gasteiger partial charge in [-0.2, -0.15) is 8.78 Å². The number of benzene rings is 1. The van der Waals surface area contributed by atoms with Crippen LogP contribution in [0.4, 0.5) is 13.6 Å². The molecule has 2 aromatic rings. The molecule has 3 amide bonds. The van der Waals surface area contributed by atoms with Crippen molar-refractivity contribution in [3.63, 3.8) is 0 Å². The summed E-state index contributed by atoms with van der Waals surface area (Å²) in [6.45, 7) is 4.61. The van der Waals surface area contributed by atoms with Crippen LogP contribution >= 0.6 is 0 Å². The average Bonchev–Trinajstić information content (AvgIpc) is 3.61. The molecule has 1 aromatic carbocycles. The van der Waals surface area contributed by atoms with Gasteiger partial charge in [-0.3, -0.25) is 14.5 Å². The first-order valence-electron chi connectivity index (χ1n) is 13.6. The number of hydrogen-bond donors (Lipinski definition) is 2. The van der Waals surface area contributed by atoms with Crippen LogP contribution in [0.3, 0.4) is 0 Å². The number of carbonyl (C=O) groups is 3. The number of alkyl carbamates (subject to hydrolysis) is 1. The Balaban J connectivity index is 1.71. The van der Waals surface area contributed by atoms with E-state index >= 15 is 0 Å². The Bertz CT molecular complexity index is 1310. The van der Waals surface area contributed by atoms with Gasteiger partial charge < -0.3 is 34.6 Å². The number of alkyl halides is 2. The van der Waals surface area contributed by atoms with Crippen LogP contribution in [0.1, 0.15) is 62.8 Å². The summed E-state index contributed by atoms with van der Waals surface area (Å²) in [7, 11) is 3.83. The maximum absolute atomic E-state index is 13.8. The number of halogens is 2. The lowest BCUT2D eigenvalue weighted by molar-refractivity contribution is -0.124. The second-order valence-electron chi connectivity index (χ2n) is 11.4. The monoisotopic (exact) mass is 592 g/mol. The first-order valence-corrected chi connectivity index (χ1v) is 13.6. The fourth-order valence-electron chi connectivity index (χ4n) is 4.35. The number of nitrogens with zero attached hydrogens (tertiary/aromatic N) is 3. The Labute approximate surface area is 242 Å². The molecule has 1 aromatic heterocycles. The Kier molecular flexibility index (Phi) is 9.24. The predicted octanol–water partition coefficient (Wildman–Crippen LogP) is 3.72. The van der Waals surface area contributed by atoms with Crippen LogP contribution in [0, 0.1) is 13.0 Å². The number of carbonyl (C=O) groups excluding carboxylic acids is 3. The minimum Gasteiger partial charge on any atom is -0.489 e. The largest absolute Gasteiger partial charge is 0.489 e. The fourth-order valence-corrected chi connectivity index (χ4v) is 4.35. The smallest absolute Gasteiger partial charge is 0.408 e. The first kappa shape index (κ1) is 31.0. The van der Waals surface area contributed by atoms with E-state index in [1.54, 1.807) is 32.6 Å². The van der Waals surface area contributed by atoms with Crippen LogP contribution in [0.25, 0.3) is 11.5 Å². The average molecular weight is 593 g/mol. The van der Waals surface area contributed by atoms with Gasteiger partial charge in [-0.05, 0) is 64.7 Å². The molecule has 0 bridgehead atoms. The summed E-state index contributed by atoms with van der Waals surface area (Å²) < 4.78 is 47.8. The number of oxazole rings is 1. The summed E-state index contributed by atoms with van der Waals surface area (Å²) in [6, 6.07) is 2.30. The molecule has 1 aliphatic carbocycles. The van der Waals surface area contributed by atoms with Crippen molar-refractivity contribution in [3.05, 3.63) is 36.7 Å². The Morgan fingerprint density at radius 2 is 1.93 bits per heavy atom. The van der Waals surface area contributed by atoms with Crippen LogP contribution in [0.2, 0.25) is 0 Å². The van der Waals surface area contributed by atoms with Gasteiger partial charge in [0.1, 0.15) is 11.6 Å². The molecule has 3 N–H and O–H groups in total. The van der Waals surface area contributed by atoms with Gasteiger partial charge in [0.15, 0.2) is 23.0 Å². The molecule has 42 heavy (non-hydrogen) atoms. The van der Waals surface area contributed by atoms with Gasteiger partial charge in [-0.1, -0.05) is 0 Å². The topological polar surface area (TPSA) is 149 Å². The van der Waals surface area contributed by atoms with Crippen LogP contribution in [-0.4, -0.2) is 77.2 Å². The second kappa shape index (κ2) is 12.5. The van der Waals surface area contributed by atoms with Crippen LogP contribution in [0.5, 0.6) is 11.5 Å². The van der Waals surface area contributed by atoms with E-state index in [-0.39, 0.29) is 41.9 Å². The van der Waals surface area contributed by atoms with Gasteiger partial charge in [0.2, 0.25) is 11.8 Å². The maximum Gasteiger partial charge on any atom is 0.408 e. The summed E-state index contributed by atoms with van der Waals surface area (Å²) in [6.07, 6.45) is 1.21. The number of nitrogens with one attached hydrogen (secondary N) is 1. The SMILES string of the molecule is [CH2]N1CCN(C(=O)c2nc(-c3ccc(OC(F)F)c(OCC4CC4)c3)oc2[C@H](C)NC(=O)OC(C)(C)C)C(C(N)=O)C1. The van der Waals surface area contributed by atoms with E-state index in [9.17, 15) is 23.2 Å². The lowest BCUT2D eigenvalue weighted by Crippen LogP contribution is -2.58. The Morgan fingerprint density at radius 3 is 2.55 bits per heavy atom.